The van der Waals surface area contributed by atoms with Gasteiger partial charge in [0.2, 0.25) is 0 Å². The van der Waals surface area contributed by atoms with E-state index in [1.807, 2.05) is 0 Å². The third-order valence-electron chi connectivity index (χ3n) is 7.81. The van der Waals surface area contributed by atoms with Gasteiger partial charge in [0, 0.05) is 29.2 Å². The highest BCUT2D eigenvalue weighted by Gasteiger charge is 2.59. The van der Waals surface area contributed by atoms with Gasteiger partial charge in [0.1, 0.15) is 18.1 Å². The molecule has 4 aliphatic rings. The maximum Gasteiger partial charge on any atom is 0.129 e. The van der Waals surface area contributed by atoms with Gasteiger partial charge in [-0.05, 0) is 77.3 Å². The molecule has 1 saturated carbocycles. The first-order valence-electron chi connectivity index (χ1n) is 12.5. The van der Waals surface area contributed by atoms with Gasteiger partial charge in [0.25, 0.3) is 0 Å². The van der Waals surface area contributed by atoms with Crippen LogP contribution < -0.4 is 10.1 Å². The van der Waals surface area contributed by atoms with Crippen molar-refractivity contribution in [1.29, 1.82) is 0 Å². The summed E-state index contributed by atoms with van der Waals surface area (Å²) < 4.78 is 12.2. The molecule has 4 nitrogen and oxygen atoms in total. The van der Waals surface area contributed by atoms with Gasteiger partial charge in [-0.1, -0.05) is 35.9 Å². The van der Waals surface area contributed by atoms with Crippen molar-refractivity contribution in [3.8, 4) is 5.75 Å². The maximum atomic E-state index is 11.1. The summed E-state index contributed by atoms with van der Waals surface area (Å²) >= 11 is 0. The third kappa shape index (κ3) is 4.32. The number of rotatable bonds is 10. The smallest absolute Gasteiger partial charge is 0.129 e. The van der Waals surface area contributed by atoms with E-state index in [0.29, 0.717) is 0 Å². The van der Waals surface area contributed by atoms with Crippen LogP contribution in [0.15, 0.2) is 41.5 Å². The van der Waals surface area contributed by atoms with Crippen LogP contribution in [0, 0.1) is 11.8 Å². The quantitative estimate of drug-likeness (QED) is 0.381. The predicted octanol–water partition coefficient (Wildman–Crippen LogP) is 5.64. The van der Waals surface area contributed by atoms with Crippen molar-refractivity contribution in [3.63, 3.8) is 0 Å². The second kappa shape index (κ2) is 8.79. The van der Waals surface area contributed by atoms with E-state index in [1.54, 1.807) is 11.1 Å². The zero-order valence-electron chi connectivity index (χ0n) is 19.7. The topological polar surface area (TPSA) is 47.6 Å². The molecule has 0 radical (unpaired) electrons. The van der Waals surface area contributed by atoms with Crippen LogP contribution in [-0.2, 0) is 9.53 Å². The molecule has 5 atom stereocenters. The van der Waals surface area contributed by atoms with Gasteiger partial charge in [-0.3, -0.25) is 0 Å². The van der Waals surface area contributed by atoms with Crippen LogP contribution >= 0.6 is 0 Å². The standard InChI is InChI=1S/C28H37NO3/c1-18(22-10-6-11-23-25-24(17-30)27(25)32-26(22)23)31-13-7-12-29-28(2,3)16-19-14-20-8-4-5-9-21(20)15-19/h4,6,8,10-11,17-19,24-25,27,29H,5,7,9,12-16H2,1-3H3. The van der Waals surface area contributed by atoms with E-state index in [4.69, 9.17) is 9.47 Å². The number of hydrogen-bond acceptors (Lipinski definition) is 4. The Morgan fingerprint density at radius 2 is 2.19 bits per heavy atom. The molecule has 172 valence electrons. The minimum absolute atomic E-state index is 0.00548. The molecule has 0 saturated heterocycles. The zero-order chi connectivity index (χ0) is 22.3. The fourth-order valence-electron chi connectivity index (χ4n) is 6.16. The molecule has 32 heavy (non-hydrogen) atoms. The van der Waals surface area contributed by atoms with Crippen molar-refractivity contribution in [2.24, 2.45) is 11.8 Å². The van der Waals surface area contributed by atoms with Gasteiger partial charge in [-0.25, -0.2) is 0 Å². The monoisotopic (exact) mass is 435 g/mol. The number of aldehydes is 1. The molecule has 1 aliphatic heterocycles. The van der Waals surface area contributed by atoms with Crippen molar-refractivity contribution >= 4 is 6.29 Å². The van der Waals surface area contributed by atoms with E-state index in [-0.39, 0.29) is 29.6 Å². The lowest BCUT2D eigenvalue weighted by atomic mass is 9.88. The SMILES string of the molecule is CC(OCCCNC(C)(C)CC1CC2=C(CCC=C2)C1)c1cccc2c1OC1C(C=O)C21. The van der Waals surface area contributed by atoms with Crippen LogP contribution in [-0.4, -0.2) is 31.1 Å². The highest BCUT2D eigenvalue weighted by atomic mass is 16.5. The lowest BCUT2D eigenvalue weighted by Crippen LogP contribution is -2.41. The van der Waals surface area contributed by atoms with Gasteiger partial charge in [0.05, 0.1) is 12.0 Å². The number of allylic oxidation sites excluding steroid dienone is 4. The summed E-state index contributed by atoms with van der Waals surface area (Å²) in [6.07, 6.45) is 13.1. The van der Waals surface area contributed by atoms with E-state index >= 15 is 0 Å². The second-order valence-electron chi connectivity index (χ2n) is 10.8. The van der Waals surface area contributed by atoms with Gasteiger partial charge >= 0.3 is 0 Å². The fourth-order valence-corrected chi connectivity index (χ4v) is 6.16. The van der Waals surface area contributed by atoms with Crippen LogP contribution in [0.25, 0.3) is 0 Å². The molecule has 1 heterocycles. The molecule has 0 aromatic heterocycles. The Balaban J connectivity index is 1.04. The lowest BCUT2D eigenvalue weighted by molar-refractivity contribution is -0.109. The van der Waals surface area contributed by atoms with E-state index in [2.05, 4.69) is 56.4 Å². The normalized spacial score (nSPS) is 28.7. The highest BCUT2D eigenvalue weighted by molar-refractivity contribution is 5.68. The van der Waals surface area contributed by atoms with Crippen molar-refractivity contribution in [2.45, 2.75) is 83.0 Å². The summed E-state index contributed by atoms with van der Waals surface area (Å²) in [5, 5.41) is 3.77. The highest BCUT2D eigenvalue weighted by Crippen LogP contribution is 2.58. The molecule has 5 rings (SSSR count). The fraction of sp³-hybridized carbons (Fsp3) is 0.607. The summed E-state index contributed by atoms with van der Waals surface area (Å²) in [7, 11) is 0. The van der Waals surface area contributed by atoms with Gasteiger partial charge in [-0.15, -0.1) is 0 Å². The van der Waals surface area contributed by atoms with Gasteiger partial charge in [-0.2, -0.15) is 0 Å². The summed E-state index contributed by atoms with van der Waals surface area (Å²) in [6.45, 7) is 8.47. The van der Waals surface area contributed by atoms with Crippen LogP contribution in [0.5, 0.6) is 5.75 Å². The Morgan fingerprint density at radius 1 is 1.31 bits per heavy atom. The third-order valence-corrected chi connectivity index (χ3v) is 7.81. The average Bonchev–Trinajstić information content (AvgIpc) is 3.10. The Morgan fingerprint density at radius 3 is 3.00 bits per heavy atom. The molecule has 4 heteroatoms. The van der Waals surface area contributed by atoms with Crippen LogP contribution in [0.2, 0.25) is 0 Å². The summed E-state index contributed by atoms with van der Waals surface area (Å²) in [5.74, 6) is 2.05. The molecule has 3 aliphatic carbocycles. The first-order valence-corrected chi connectivity index (χ1v) is 12.5. The number of carbonyl (C=O) groups excluding carboxylic acids is 1. The minimum Gasteiger partial charge on any atom is -0.488 e. The van der Waals surface area contributed by atoms with Gasteiger partial charge in [0.15, 0.2) is 0 Å². The second-order valence-corrected chi connectivity index (χ2v) is 10.8. The molecular formula is C28H37NO3. The molecule has 0 amide bonds. The van der Waals surface area contributed by atoms with E-state index in [9.17, 15) is 4.79 Å². The summed E-state index contributed by atoms with van der Waals surface area (Å²) in [4.78, 5) is 11.1. The zero-order valence-corrected chi connectivity index (χ0v) is 19.7. The Hall–Kier alpha value is -1.91. The lowest BCUT2D eigenvalue weighted by Gasteiger charge is -2.30. The van der Waals surface area contributed by atoms with Crippen molar-refractivity contribution in [3.05, 3.63) is 52.6 Å². The largest absolute Gasteiger partial charge is 0.488 e. The van der Waals surface area contributed by atoms with E-state index < -0.39 is 0 Å². The molecular weight excluding hydrogens is 398 g/mol. The number of benzene rings is 1. The van der Waals surface area contributed by atoms with Crippen LogP contribution in [0.3, 0.4) is 0 Å². The molecule has 1 N–H and O–H groups in total. The van der Waals surface area contributed by atoms with E-state index in [0.717, 1.165) is 43.1 Å². The van der Waals surface area contributed by atoms with Crippen LogP contribution in [0.1, 0.15) is 82.4 Å². The molecule has 5 unspecified atom stereocenters. The van der Waals surface area contributed by atoms with Crippen LogP contribution in [0.4, 0.5) is 0 Å². The Labute approximate surface area is 192 Å². The summed E-state index contributed by atoms with van der Waals surface area (Å²) in [6, 6.07) is 6.25. The number of nitrogens with one attached hydrogen (secondary N) is 1. The first kappa shape index (κ1) is 21.9. The minimum atomic E-state index is -0.00548. The molecule has 0 bridgehead atoms. The average molecular weight is 436 g/mol. The number of carbonyl (C=O) groups is 1. The Kier molecular flexibility index (Phi) is 6.02. The molecule has 1 fully saturated rings. The van der Waals surface area contributed by atoms with Crippen molar-refractivity contribution < 1.29 is 14.3 Å². The number of ether oxygens (including phenoxy) is 2. The number of para-hydroxylation sites is 1. The number of fused-ring (bicyclic) bond motifs is 3. The number of hydrogen-bond donors (Lipinski definition) is 1. The molecule has 0 spiro atoms. The summed E-state index contributed by atoms with van der Waals surface area (Å²) in [5.41, 5.74) is 5.78. The maximum absolute atomic E-state index is 11.1. The predicted molar refractivity (Wildman–Crippen MR) is 127 cm³/mol. The molecule has 1 aromatic carbocycles. The molecule has 1 aromatic rings. The van der Waals surface area contributed by atoms with Crippen molar-refractivity contribution in [1.82, 2.24) is 5.32 Å². The van der Waals surface area contributed by atoms with E-state index in [1.165, 1.54) is 37.7 Å². The van der Waals surface area contributed by atoms with Gasteiger partial charge < -0.3 is 19.6 Å². The Bertz CT molecular complexity index is 931. The van der Waals surface area contributed by atoms with Crippen molar-refractivity contribution in [2.75, 3.05) is 13.2 Å². The first-order chi connectivity index (χ1) is 15.5.